The van der Waals surface area contributed by atoms with E-state index in [1.807, 2.05) is 57.3 Å². The van der Waals surface area contributed by atoms with Crippen LogP contribution >= 0.6 is 35.6 Å². The van der Waals surface area contributed by atoms with Gasteiger partial charge in [-0.05, 0) is 49.2 Å². The van der Waals surface area contributed by atoms with Gasteiger partial charge in [0.15, 0.2) is 24.1 Å². The number of halogens is 2. The maximum absolute atomic E-state index is 11.6. The molecule has 0 saturated carbocycles. The molecule has 2 N–H and O–H groups in total. The van der Waals surface area contributed by atoms with Crippen LogP contribution in [0.1, 0.15) is 25.0 Å². The van der Waals surface area contributed by atoms with Crippen LogP contribution in [0.5, 0.6) is 11.5 Å². The lowest BCUT2D eigenvalue weighted by atomic mass is 10.2. The number of methoxy groups -OCH3 is 1. The van der Waals surface area contributed by atoms with Gasteiger partial charge in [0.05, 0.1) is 13.7 Å². The molecule has 0 radical (unpaired) electrons. The van der Waals surface area contributed by atoms with Crippen LogP contribution in [-0.4, -0.2) is 50.6 Å². The zero-order chi connectivity index (χ0) is 22.6. The highest BCUT2D eigenvalue weighted by molar-refractivity contribution is 14.0. The van der Waals surface area contributed by atoms with Gasteiger partial charge in [0.2, 0.25) is 0 Å². The molecule has 0 atom stereocenters. The van der Waals surface area contributed by atoms with E-state index in [-0.39, 0.29) is 36.5 Å². The Morgan fingerprint density at radius 2 is 1.81 bits per heavy atom. The fourth-order valence-electron chi connectivity index (χ4n) is 2.94. The van der Waals surface area contributed by atoms with Crippen molar-refractivity contribution in [3.8, 4) is 11.5 Å². The van der Waals surface area contributed by atoms with Crippen molar-refractivity contribution in [1.29, 1.82) is 0 Å². The van der Waals surface area contributed by atoms with E-state index in [1.54, 1.807) is 13.2 Å². The van der Waals surface area contributed by atoms with E-state index in [0.29, 0.717) is 31.1 Å². The molecule has 0 aliphatic heterocycles. The Bertz CT molecular complexity index is 895. The van der Waals surface area contributed by atoms with Crippen molar-refractivity contribution < 1.29 is 14.3 Å². The van der Waals surface area contributed by atoms with Crippen LogP contribution in [0.3, 0.4) is 0 Å². The van der Waals surface area contributed by atoms with Gasteiger partial charge in [-0.1, -0.05) is 29.8 Å². The number of carbonyl (C=O) groups is 1. The molecule has 0 unspecified atom stereocenters. The second-order valence-corrected chi connectivity index (χ2v) is 7.32. The van der Waals surface area contributed by atoms with Crippen molar-refractivity contribution in [2.45, 2.75) is 26.9 Å². The van der Waals surface area contributed by atoms with Gasteiger partial charge in [0.1, 0.15) is 0 Å². The Labute approximate surface area is 212 Å². The van der Waals surface area contributed by atoms with Crippen molar-refractivity contribution in [2.24, 2.45) is 4.99 Å². The maximum atomic E-state index is 11.6. The molecule has 2 rings (SSSR count). The predicted octanol–water partition coefficient (Wildman–Crippen LogP) is 4.08. The lowest BCUT2D eigenvalue weighted by Gasteiger charge is -2.22. The molecule has 9 heteroatoms. The van der Waals surface area contributed by atoms with Crippen molar-refractivity contribution in [3.05, 3.63) is 58.6 Å². The van der Waals surface area contributed by atoms with Gasteiger partial charge in [-0.2, -0.15) is 0 Å². The minimum Gasteiger partial charge on any atom is -0.493 e. The Kier molecular flexibility index (Phi) is 12.9. The zero-order valence-corrected chi connectivity index (χ0v) is 22.1. The Balaban J connectivity index is 0.00000512. The highest BCUT2D eigenvalue weighted by Crippen LogP contribution is 2.28. The van der Waals surface area contributed by atoms with Crippen LogP contribution in [0.25, 0.3) is 0 Å². The fraction of sp³-hybridized carbons (Fsp3) is 0.391. The summed E-state index contributed by atoms with van der Waals surface area (Å²) in [6.45, 7) is 6.32. The number of hydrogen-bond donors (Lipinski definition) is 2. The topological polar surface area (TPSA) is 75.2 Å². The third-order valence-electron chi connectivity index (χ3n) is 4.38. The standard InChI is InChI=1S/C23H31ClN4O3.HI/c1-5-25-22(29)16-31-20-11-10-17(13-21(20)30-4)14-27-23(26-6-2)28(3)15-18-8-7-9-19(24)12-18;/h7-13H,5-6,14-16H2,1-4H3,(H,25,29)(H,26,27);1H. The lowest BCUT2D eigenvalue weighted by Crippen LogP contribution is -2.38. The lowest BCUT2D eigenvalue weighted by molar-refractivity contribution is -0.123. The monoisotopic (exact) mass is 574 g/mol. The first-order valence-electron chi connectivity index (χ1n) is 10.3. The molecule has 2 aromatic rings. The molecule has 0 aliphatic rings. The summed E-state index contributed by atoms with van der Waals surface area (Å²) in [5.41, 5.74) is 2.07. The highest BCUT2D eigenvalue weighted by Gasteiger charge is 2.10. The second-order valence-electron chi connectivity index (χ2n) is 6.88. The van der Waals surface area contributed by atoms with E-state index in [0.717, 1.165) is 28.7 Å². The second kappa shape index (κ2) is 14.8. The van der Waals surface area contributed by atoms with E-state index in [9.17, 15) is 4.79 Å². The minimum absolute atomic E-state index is 0. The molecule has 0 saturated heterocycles. The van der Waals surface area contributed by atoms with Crippen LogP contribution in [0.2, 0.25) is 5.02 Å². The Morgan fingerprint density at radius 1 is 1.06 bits per heavy atom. The number of likely N-dealkylation sites (N-methyl/N-ethyl adjacent to an activating group) is 1. The van der Waals surface area contributed by atoms with E-state index in [4.69, 9.17) is 26.1 Å². The molecular formula is C23H32ClIN4O3. The smallest absolute Gasteiger partial charge is 0.257 e. The number of ether oxygens (including phenoxy) is 2. The zero-order valence-electron chi connectivity index (χ0n) is 19.0. The minimum atomic E-state index is -0.170. The van der Waals surface area contributed by atoms with Gasteiger partial charge in [-0.25, -0.2) is 4.99 Å². The Morgan fingerprint density at radius 3 is 2.47 bits per heavy atom. The maximum Gasteiger partial charge on any atom is 0.257 e. The third kappa shape index (κ3) is 9.12. The summed E-state index contributed by atoms with van der Waals surface area (Å²) in [4.78, 5) is 18.4. The molecule has 1 amide bonds. The molecule has 0 bridgehead atoms. The van der Waals surface area contributed by atoms with Crippen LogP contribution in [-0.2, 0) is 17.9 Å². The molecule has 0 aliphatic carbocycles. The van der Waals surface area contributed by atoms with Gasteiger partial charge in [0.25, 0.3) is 5.91 Å². The van der Waals surface area contributed by atoms with E-state index < -0.39 is 0 Å². The van der Waals surface area contributed by atoms with Gasteiger partial charge in [0, 0.05) is 31.7 Å². The number of hydrogen-bond acceptors (Lipinski definition) is 4. The fourth-order valence-corrected chi connectivity index (χ4v) is 3.15. The number of benzene rings is 2. The van der Waals surface area contributed by atoms with Crippen LogP contribution in [0.4, 0.5) is 0 Å². The SMILES string of the molecule is CCNC(=O)COc1ccc(CN=C(NCC)N(C)Cc2cccc(Cl)c2)cc1OC.I. The summed E-state index contributed by atoms with van der Waals surface area (Å²) < 4.78 is 11.0. The third-order valence-corrected chi connectivity index (χ3v) is 4.61. The van der Waals surface area contributed by atoms with E-state index >= 15 is 0 Å². The van der Waals surface area contributed by atoms with Crippen molar-refractivity contribution >= 4 is 47.4 Å². The average Bonchev–Trinajstić information content (AvgIpc) is 2.75. The van der Waals surface area contributed by atoms with Gasteiger partial charge < -0.3 is 25.0 Å². The van der Waals surface area contributed by atoms with Gasteiger partial charge in [-0.3, -0.25) is 4.79 Å². The number of carbonyl (C=O) groups excluding carboxylic acids is 1. The number of amides is 1. The van der Waals surface area contributed by atoms with E-state index in [1.165, 1.54) is 0 Å². The average molecular weight is 575 g/mol. The molecule has 0 heterocycles. The van der Waals surface area contributed by atoms with Gasteiger partial charge in [-0.15, -0.1) is 24.0 Å². The van der Waals surface area contributed by atoms with Crippen molar-refractivity contribution in [1.82, 2.24) is 15.5 Å². The predicted molar refractivity (Wildman–Crippen MR) is 140 cm³/mol. The summed E-state index contributed by atoms with van der Waals surface area (Å²) >= 11 is 6.10. The number of guanidine groups is 1. The normalized spacial score (nSPS) is 10.7. The molecule has 0 aromatic heterocycles. The first-order valence-corrected chi connectivity index (χ1v) is 10.6. The van der Waals surface area contributed by atoms with Crippen LogP contribution < -0.4 is 20.1 Å². The van der Waals surface area contributed by atoms with Crippen molar-refractivity contribution in [3.63, 3.8) is 0 Å². The summed E-state index contributed by atoms with van der Waals surface area (Å²) in [5, 5.41) is 6.73. The first kappa shape index (κ1) is 27.8. The molecule has 2 aromatic carbocycles. The first-order chi connectivity index (χ1) is 15.0. The number of nitrogens with one attached hydrogen (secondary N) is 2. The summed E-state index contributed by atoms with van der Waals surface area (Å²) in [7, 11) is 3.56. The molecule has 0 spiro atoms. The summed E-state index contributed by atoms with van der Waals surface area (Å²) in [6, 6.07) is 13.4. The van der Waals surface area contributed by atoms with Crippen LogP contribution in [0.15, 0.2) is 47.5 Å². The Hall–Kier alpha value is -2.20. The molecule has 32 heavy (non-hydrogen) atoms. The summed E-state index contributed by atoms with van der Waals surface area (Å²) in [5.74, 6) is 1.70. The number of nitrogens with zero attached hydrogens (tertiary/aromatic N) is 2. The van der Waals surface area contributed by atoms with Gasteiger partial charge >= 0.3 is 0 Å². The molecule has 176 valence electrons. The number of aliphatic imine (C=N–C) groups is 1. The van der Waals surface area contributed by atoms with Crippen molar-refractivity contribution in [2.75, 3.05) is 33.9 Å². The quantitative estimate of drug-likeness (QED) is 0.254. The number of rotatable bonds is 10. The van der Waals surface area contributed by atoms with E-state index in [2.05, 4.69) is 15.5 Å². The van der Waals surface area contributed by atoms with Crippen LogP contribution in [0, 0.1) is 0 Å². The molecule has 7 nitrogen and oxygen atoms in total. The highest BCUT2D eigenvalue weighted by atomic mass is 127. The molecule has 0 fully saturated rings. The molecular weight excluding hydrogens is 543 g/mol. The largest absolute Gasteiger partial charge is 0.493 e. The summed E-state index contributed by atoms with van der Waals surface area (Å²) in [6.07, 6.45) is 0.